The molecule has 6 heteroatoms. The highest BCUT2D eigenvalue weighted by atomic mass is 19.2. The van der Waals surface area contributed by atoms with Crippen LogP contribution in [0.4, 0.5) is 20.3 Å². The molecule has 0 fully saturated rings. The molecule has 0 aliphatic carbocycles. The van der Waals surface area contributed by atoms with Crippen LogP contribution in [0.25, 0.3) is 23.0 Å². The number of hydrogen-bond acceptors (Lipinski definition) is 3. The predicted octanol–water partition coefficient (Wildman–Crippen LogP) is 6.19. The van der Waals surface area contributed by atoms with Crippen molar-refractivity contribution in [2.45, 2.75) is 26.7 Å². The summed E-state index contributed by atoms with van der Waals surface area (Å²) in [4.78, 5) is 8.81. The molecule has 0 spiro atoms. The van der Waals surface area contributed by atoms with Crippen molar-refractivity contribution in [3.05, 3.63) is 83.8 Å². The number of hydrogen-bond donors (Lipinski definition) is 1. The van der Waals surface area contributed by atoms with Crippen molar-refractivity contribution >= 4 is 23.2 Å². The standard InChI is InChI=1S/C24H22F2N4/c1-4-15-7-9-18(13-17(15)6-3)29-23-24-28-14-20(30(24)12-11-27-23)19-10-8-16(5-2)21(25)22(19)26/h4,7-14H,1,5-6H2,2-3H3,(H,27,29). The van der Waals surface area contributed by atoms with E-state index in [2.05, 4.69) is 28.8 Å². The first-order valence-electron chi connectivity index (χ1n) is 9.89. The second-order valence-corrected chi connectivity index (χ2v) is 6.96. The fraction of sp³-hybridized carbons (Fsp3) is 0.167. The first-order chi connectivity index (χ1) is 14.6. The summed E-state index contributed by atoms with van der Waals surface area (Å²) < 4.78 is 30.7. The number of fused-ring (bicyclic) bond motifs is 1. The van der Waals surface area contributed by atoms with Gasteiger partial charge in [0, 0.05) is 23.6 Å². The smallest absolute Gasteiger partial charge is 0.180 e. The van der Waals surface area contributed by atoms with Gasteiger partial charge in [-0.1, -0.05) is 38.6 Å². The van der Waals surface area contributed by atoms with Gasteiger partial charge in [-0.3, -0.25) is 4.40 Å². The Balaban J connectivity index is 1.76. The summed E-state index contributed by atoms with van der Waals surface area (Å²) in [5.74, 6) is -1.15. The Hall–Kier alpha value is -3.54. The van der Waals surface area contributed by atoms with Gasteiger partial charge in [0.1, 0.15) is 0 Å². The van der Waals surface area contributed by atoms with E-state index in [0.29, 0.717) is 29.1 Å². The number of aromatic nitrogens is 3. The number of benzene rings is 2. The summed E-state index contributed by atoms with van der Waals surface area (Å²) in [5, 5.41) is 3.29. The first-order valence-corrected chi connectivity index (χ1v) is 9.89. The Labute approximate surface area is 173 Å². The molecule has 2 heterocycles. The van der Waals surface area contributed by atoms with Crippen LogP contribution in [0.3, 0.4) is 0 Å². The van der Waals surface area contributed by atoms with Crippen LogP contribution in [0.1, 0.15) is 30.5 Å². The molecule has 4 nitrogen and oxygen atoms in total. The number of nitrogens with one attached hydrogen (secondary N) is 1. The lowest BCUT2D eigenvalue weighted by molar-refractivity contribution is 0.502. The number of anilines is 2. The molecule has 0 radical (unpaired) electrons. The molecule has 0 aliphatic heterocycles. The first kappa shape index (κ1) is 19.8. The molecule has 0 aliphatic rings. The number of rotatable bonds is 6. The molecule has 0 unspecified atom stereocenters. The summed E-state index contributed by atoms with van der Waals surface area (Å²) in [7, 11) is 0. The van der Waals surface area contributed by atoms with Crippen LogP contribution in [0, 0.1) is 11.6 Å². The third-order valence-corrected chi connectivity index (χ3v) is 5.25. The SMILES string of the molecule is C=Cc1ccc(Nc2nccn3c(-c4ccc(CC)c(F)c4F)cnc23)cc1CC. The van der Waals surface area contributed by atoms with Crippen molar-refractivity contribution in [2.24, 2.45) is 0 Å². The normalized spacial score (nSPS) is 11.1. The Morgan fingerprint density at radius 1 is 1.03 bits per heavy atom. The van der Waals surface area contributed by atoms with E-state index in [1.54, 1.807) is 35.9 Å². The number of imidazole rings is 1. The van der Waals surface area contributed by atoms with Crippen LogP contribution in [-0.2, 0) is 12.8 Å². The lowest BCUT2D eigenvalue weighted by atomic mass is 10.0. The summed E-state index contributed by atoms with van der Waals surface area (Å²) in [6.07, 6.45) is 7.96. The summed E-state index contributed by atoms with van der Waals surface area (Å²) in [6.45, 7) is 7.73. The molecular formula is C24H22F2N4. The van der Waals surface area contributed by atoms with Crippen LogP contribution < -0.4 is 5.32 Å². The molecule has 0 saturated heterocycles. The van der Waals surface area contributed by atoms with Crippen LogP contribution in [-0.4, -0.2) is 14.4 Å². The predicted molar refractivity (Wildman–Crippen MR) is 117 cm³/mol. The van der Waals surface area contributed by atoms with Crippen molar-refractivity contribution < 1.29 is 8.78 Å². The van der Waals surface area contributed by atoms with Gasteiger partial charge in [0.05, 0.1) is 11.9 Å². The molecule has 2 aromatic heterocycles. The van der Waals surface area contributed by atoms with E-state index in [9.17, 15) is 8.78 Å². The highest BCUT2D eigenvalue weighted by molar-refractivity contribution is 5.75. The van der Waals surface area contributed by atoms with E-state index >= 15 is 0 Å². The Morgan fingerprint density at radius 2 is 1.83 bits per heavy atom. The molecule has 0 amide bonds. The van der Waals surface area contributed by atoms with E-state index < -0.39 is 11.6 Å². The van der Waals surface area contributed by atoms with Crippen LogP contribution in [0.5, 0.6) is 0 Å². The number of nitrogens with zero attached hydrogens (tertiary/aromatic N) is 3. The van der Waals surface area contributed by atoms with Crippen molar-refractivity contribution in [3.8, 4) is 11.3 Å². The van der Waals surface area contributed by atoms with E-state index in [4.69, 9.17) is 0 Å². The molecule has 1 N–H and O–H groups in total. The molecule has 0 atom stereocenters. The van der Waals surface area contributed by atoms with Gasteiger partial charge >= 0.3 is 0 Å². The zero-order valence-corrected chi connectivity index (χ0v) is 16.9. The van der Waals surface area contributed by atoms with Gasteiger partial charge in [-0.15, -0.1) is 0 Å². The molecule has 0 saturated carbocycles. The third kappa shape index (κ3) is 3.34. The van der Waals surface area contributed by atoms with Gasteiger partial charge in [-0.05, 0) is 47.7 Å². The minimum atomic E-state index is -0.866. The van der Waals surface area contributed by atoms with Gasteiger partial charge in [0.2, 0.25) is 0 Å². The zero-order valence-electron chi connectivity index (χ0n) is 16.9. The number of aryl methyl sites for hydroxylation is 2. The van der Waals surface area contributed by atoms with Gasteiger partial charge in [0.25, 0.3) is 0 Å². The van der Waals surface area contributed by atoms with Gasteiger partial charge < -0.3 is 5.32 Å². The Bertz CT molecular complexity index is 1240. The fourth-order valence-electron chi connectivity index (χ4n) is 3.59. The highest BCUT2D eigenvalue weighted by Crippen LogP contribution is 2.29. The van der Waals surface area contributed by atoms with Gasteiger partial charge in [-0.25, -0.2) is 18.7 Å². The van der Waals surface area contributed by atoms with Crippen LogP contribution >= 0.6 is 0 Å². The lowest BCUT2D eigenvalue weighted by Crippen LogP contribution is -2.01. The van der Waals surface area contributed by atoms with E-state index in [1.807, 2.05) is 24.3 Å². The lowest BCUT2D eigenvalue weighted by Gasteiger charge is -2.11. The molecule has 2 aromatic carbocycles. The van der Waals surface area contributed by atoms with Crippen molar-refractivity contribution in [1.29, 1.82) is 0 Å². The van der Waals surface area contributed by atoms with Crippen molar-refractivity contribution in [2.75, 3.05) is 5.32 Å². The van der Waals surface area contributed by atoms with Gasteiger partial charge in [0.15, 0.2) is 23.1 Å². The topological polar surface area (TPSA) is 42.2 Å². The second-order valence-electron chi connectivity index (χ2n) is 6.96. The molecule has 4 aromatic rings. The molecule has 0 bridgehead atoms. The van der Waals surface area contributed by atoms with E-state index in [1.165, 1.54) is 11.8 Å². The molecule has 4 rings (SSSR count). The van der Waals surface area contributed by atoms with E-state index in [-0.39, 0.29) is 5.56 Å². The Kier molecular flexibility index (Phi) is 5.31. The molecule has 152 valence electrons. The average Bonchev–Trinajstić information content (AvgIpc) is 3.20. The van der Waals surface area contributed by atoms with Crippen LogP contribution in [0.15, 0.2) is 55.5 Å². The maximum Gasteiger partial charge on any atom is 0.180 e. The number of halogens is 2. The van der Waals surface area contributed by atoms with Crippen LogP contribution in [0.2, 0.25) is 0 Å². The average molecular weight is 404 g/mol. The molecule has 30 heavy (non-hydrogen) atoms. The quantitative estimate of drug-likeness (QED) is 0.417. The Morgan fingerprint density at radius 3 is 2.57 bits per heavy atom. The minimum absolute atomic E-state index is 0.165. The van der Waals surface area contributed by atoms with E-state index in [0.717, 1.165) is 17.7 Å². The third-order valence-electron chi connectivity index (χ3n) is 5.25. The van der Waals surface area contributed by atoms with Crippen molar-refractivity contribution in [3.63, 3.8) is 0 Å². The zero-order chi connectivity index (χ0) is 21.3. The fourth-order valence-corrected chi connectivity index (χ4v) is 3.59. The minimum Gasteiger partial charge on any atom is -0.337 e. The monoisotopic (exact) mass is 404 g/mol. The summed E-state index contributed by atoms with van der Waals surface area (Å²) in [6, 6.07) is 9.20. The van der Waals surface area contributed by atoms with Gasteiger partial charge in [-0.2, -0.15) is 0 Å². The molecular weight excluding hydrogens is 382 g/mol. The summed E-state index contributed by atoms with van der Waals surface area (Å²) >= 11 is 0. The second kappa shape index (κ2) is 8.06. The maximum absolute atomic E-state index is 14.7. The van der Waals surface area contributed by atoms with Crippen molar-refractivity contribution in [1.82, 2.24) is 14.4 Å². The largest absolute Gasteiger partial charge is 0.337 e. The maximum atomic E-state index is 14.7. The summed E-state index contributed by atoms with van der Waals surface area (Å²) in [5.41, 5.74) is 4.63. The highest BCUT2D eigenvalue weighted by Gasteiger charge is 2.18.